The Hall–Kier alpha value is -1.44. The summed E-state index contributed by atoms with van der Waals surface area (Å²) in [6.45, 7) is 1.37. The van der Waals surface area contributed by atoms with Gasteiger partial charge in [0.1, 0.15) is 0 Å². The van der Waals surface area contributed by atoms with Crippen LogP contribution in [0.25, 0.3) is 0 Å². The van der Waals surface area contributed by atoms with E-state index in [1.54, 1.807) is 18.2 Å². The molecule has 0 aliphatic carbocycles. The maximum Gasteiger partial charge on any atom is 0.291 e. The third kappa shape index (κ3) is 4.55. The van der Waals surface area contributed by atoms with E-state index in [0.29, 0.717) is 29.3 Å². The van der Waals surface area contributed by atoms with Crippen LogP contribution in [0.1, 0.15) is 29.0 Å². The number of hydrogen-bond acceptors (Lipinski definition) is 4. The van der Waals surface area contributed by atoms with Gasteiger partial charge in [-0.1, -0.05) is 12.1 Å². The van der Waals surface area contributed by atoms with E-state index in [4.69, 9.17) is 9.15 Å². The summed E-state index contributed by atoms with van der Waals surface area (Å²) in [6.07, 6.45) is 1.69. The Bertz CT molecular complexity index is 740. The van der Waals surface area contributed by atoms with E-state index in [9.17, 15) is 9.00 Å². The molecule has 0 radical (unpaired) electrons. The first-order chi connectivity index (χ1) is 11.6. The van der Waals surface area contributed by atoms with Crippen LogP contribution >= 0.6 is 15.9 Å². The van der Waals surface area contributed by atoms with Gasteiger partial charge in [-0.25, -0.2) is 0 Å². The fourth-order valence-electron chi connectivity index (χ4n) is 2.59. The van der Waals surface area contributed by atoms with Crippen molar-refractivity contribution in [3.05, 3.63) is 52.4 Å². The quantitative estimate of drug-likeness (QED) is 0.813. The van der Waals surface area contributed by atoms with E-state index in [-0.39, 0.29) is 16.9 Å². The molecule has 128 valence electrons. The van der Waals surface area contributed by atoms with Crippen molar-refractivity contribution >= 4 is 38.3 Å². The van der Waals surface area contributed by atoms with Gasteiger partial charge >= 0.3 is 0 Å². The van der Waals surface area contributed by atoms with Crippen LogP contribution < -0.4 is 5.32 Å². The van der Waals surface area contributed by atoms with Gasteiger partial charge in [0, 0.05) is 40.7 Å². The van der Waals surface area contributed by atoms with Crippen molar-refractivity contribution in [2.24, 2.45) is 0 Å². The fourth-order valence-corrected chi connectivity index (χ4v) is 4.36. The number of hydrogen-bond donors (Lipinski definition) is 1. The van der Waals surface area contributed by atoms with Gasteiger partial charge in [-0.15, -0.1) is 0 Å². The lowest BCUT2D eigenvalue weighted by Crippen LogP contribution is -2.25. The Labute approximate surface area is 151 Å². The van der Waals surface area contributed by atoms with Crippen LogP contribution in [0, 0.1) is 0 Å². The van der Waals surface area contributed by atoms with E-state index in [2.05, 4.69) is 21.2 Å². The number of furan rings is 1. The molecule has 1 atom stereocenters. The second-order valence-electron chi connectivity index (χ2n) is 5.60. The maximum absolute atomic E-state index is 12.5. The summed E-state index contributed by atoms with van der Waals surface area (Å²) in [6, 6.07) is 10.7. The van der Waals surface area contributed by atoms with Crippen molar-refractivity contribution in [1.82, 2.24) is 0 Å². The molecule has 1 fully saturated rings. The topological polar surface area (TPSA) is 68.5 Å². The normalized spacial score (nSPS) is 16.7. The summed E-state index contributed by atoms with van der Waals surface area (Å²) >= 11 is 3.17. The average molecular weight is 412 g/mol. The number of ether oxygens (including phenoxy) is 1. The lowest BCUT2D eigenvalue weighted by atomic mass is 10.2. The highest BCUT2D eigenvalue weighted by Gasteiger charge is 2.20. The Morgan fingerprint density at radius 2 is 2.04 bits per heavy atom. The van der Waals surface area contributed by atoms with Crippen molar-refractivity contribution in [3.8, 4) is 0 Å². The van der Waals surface area contributed by atoms with Crippen molar-refractivity contribution in [2.45, 2.75) is 23.8 Å². The van der Waals surface area contributed by atoms with Gasteiger partial charge in [0.15, 0.2) is 10.4 Å². The van der Waals surface area contributed by atoms with E-state index >= 15 is 0 Å². The first-order valence-electron chi connectivity index (χ1n) is 7.72. The largest absolute Gasteiger partial charge is 0.444 e. The monoisotopic (exact) mass is 411 g/mol. The summed E-state index contributed by atoms with van der Waals surface area (Å²) in [7, 11) is -0.928. The highest BCUT2D eigenvalue weighted by Crippen LogP contribution is 2.20. The second-order valence-corrected chi connectivity index (χ2v) is 8.09. The number of halogens is 1. The SMILES string of the molecule is O=C(Nc1cccc(CS(=O)C2CCOCC2)c1)c1ccc(Br)o1. The van der Waals surface area contributed by atoms with E-state index in [1.807, 2.05) is 18.2 Å². The summed E-state index contributed by atoms with van der Waals surface area (Å²) in [5.41, 5.74) is 1.60. The molecule has 1 amide bonds. The zero-order valence-electron chi connectivity index (χ0n) is 13.0. The minimum absolute atomic E-state index is 0.192. The Morgan fingerprint density at radius 3 is 2.75 bits per heavy atom. The van der Waals surface area contributed by atoms with E-state index in [1.165, 1.54) is 0 Å². The standard InChI is InChI=1S/C17H18BrNO4S/c18-16-5-4-15(23-16)17(20)19-13-3-1-2-12(10-13)11-24(21)14-6-8-22-9-7-14/h1-5,10,14H,6-9,11H2,(H,19,20). The van der Waals surface area contributed by atoms with Crippen LogP contribution in [0.2, 0.25) is 0 Å². The highest BCUT2D eigenvalue weighted by atomic mass is 79.9. The first-order valence-corrected chi connectivity index (χ1v) is 9.90. The number of nitrogens with one attached hydrogen (secondary N) is 1. The Balaban J connectivity index is 1.63. The summed E-state index contributed by atoms with van der Waals surface area (Å²) < 4.78 is 23.5. The lowest BCUT2D eigenvalue weighted by Gasteiger charge is -2.21. The molecule has 0 spiro atoms. The maximum atomic E-state index is 12.5. The molecule has 0 bridgehead atoms. The van der Waals surface area contributed by atoms with Gasteiger partial charge < -0.3 is 14.5 Å². The number of benzene rings is 1. The van der Waals surface area contributed by atoms with Crippen LogP contribution in [0.15, 0.2) is 45.5 Å². The van der Waals surface area contributed by atoms with Gasteiger partial charge in [-0.05, 0) is 58.6 Å². The highest BCUT2D eigenvalue weighted by molar-refractivity contribution is 9.10. The van der Waals surface area contributed by atoms with Crippen LogP contribution in [0.5, 0.6) is 0 Å². The molecule has 1 unspecified atom stereocenters. The van der Waals surface area contributed by atoms with Gasteiger partial charge in [0.25, 0.3) is 5.91 Å². The van der Waals surface area contributed by atoms with Crippen molar-refractivity contribution in [3.63, 3.8) is 0 Å². The number of rotatable bonds is 5. The zero-order chi connectivity index (χ0) is 16.9. The van der Waals surface area contributed by atoms with Gasteiger partial charge in [-0.2, -0.15) is 0 Å². The molecule has 1 aliphatic heterocycles. The Morgan fingerprint density at radius 1 is 1.25 bits per heavy atom. The molecule has 1 aromatic carbocycles. The Kier molecular flexibility index (Phi) is 5.86. The molecule has 24 heavy (non-hydrogen) atoms. The molecular formula is C17H18BrNO4S. The molecule has 1 N–H and O–H groups in total. The summed E-state index contributed by atoms with van der Waals surface area (Å²) in [4.78, 5) is 12.1. The number of carbonyl (C=O) groups excluding carboxylic acids is 1. The number of anilines is 1. The second kappa shape index (κ2) is 8.09. The first kappa shape index (κ1) is 17.4. The van der Waals surface area contributed by atoms with Gasteiger partial charge in [-0.3, -0.25) is 9.00 Å². The minimum Gasteiger partial charge on any atom is -0.444 e. The third-order valence-corrected chi connectivity index (χ3v) is 6.09. The van der Waals surface area contributed by atoms with Crippen LogP contribution in [-0.2, 0) is 21.3 Å². The fraction of sp³-hybridized carbons (Fsp3) is 0.353. The van der Waals surface area contributed by atoms with Crippen molar-refractivity contribution in [1.29, 1.82) is 0 Å². The molecule has 2 heterocycles. The van der Waals surface area contributed by atoms with Crippen LogP contribution in [-0.4, -0.2) is 28.6 Å². The van der Waals surface area contributed by atoms with Crippen LogP contribution in [0.3, 0.4) is 0 Å². The molecule has 2 aromatic rings. The summed E-state index contributed by atoms with van der Waals surface area (Å²) in [5, 5.41) is 2.98. The van der Waals surface area contributed by atoms with Crippen molar-refractivity contribution < 1.29 is 18.2 Å². The zero-order valence-corrected chi connectivity index (χ0v) is 15.4. The third-order valence-electron chi connectivity index (χ3n) is 3.83. The minimum atomic E-state index is -0.928. The van der Waals surface area contributed by atoms with Crippen LogP contribution in [0.4, 0.5) is 5.69 Å². The van der Waals surface area contributed by atoms with Gasteiger partial charge in [0.05, 0.1) is 0 Å². The molecule has 0 saturated carbocycles. The molecule has 1 aromatic heterocycles. The lowest BCUT2D eigenvalue weighted by molar-refractivity contribution is 0.0990. The number of carbonyl (C=O) groups is 1. The average Bonchev–Trinajstić information content (AvgIpc) is 3.02. The molecular weight excluding hydrogens is 394 g/mol. The summed E-state index contributed by atoms with van der Waals surface area (Å²) in [5.74, 6) is 0.405. The van der Waals surface area contributed by atoms with Gasteiger partial charge in [0.2, 0.25) is 0 Å². The predicted octanol–water partition coefficient (Wildman–Crippen LogP) is 3.72. The predicted molar refractivity (Wildman–Crippen MR) is 96.5 cm³/mol. The number of amides is 1. The molecule has 1 saturated heterocycles. The van der Waals surface area contributed by atoms with Crippen molar-refractivity contribution in [2.75, 3.05) is 18.5 Å². The smallest absolute Gasteiger partial charge is 0.291 e. The molecule has 3 rings (SSSR count). The van der Waals surface area contributed by atoms with E-state index < -0.39 is 10.8 Å². The molecule has 5 nitrogen and oxygen atoms in total. The van der Waals surface area contributed by atoms with E-state index in [0.717, 1.165) is 18.4 Å². The molecule has 1 aliphatic rings. The molecule has 7 heteroatoms.